The van der Waals surface area contributed by atoms with E-state index in [1.54, 1.807) is 56.9 Å². The number of amides is 2. The highest BCUT2D eigenvalue weighted by Gasteiger charge is 2.33. The molecule has 0 spiro atoms. The van der Waals surface area contributed by atoms with Crippen molar-refractivity contribution in [2.24, 2.45) is 12.5 Å². The number of hydrazine groups is 1. The minimum Gasteiger partial charge on any atom is -0.383 e. The first-order valence-corrected chi connectivity index (χ1v) is 11.3. The summed E-state index contributed by atoms with van der Waals surface area (Å²) < 4.78 is 40.6. The molecular weight excluding hydrogens is 487 g/mol. The van der Waals surface area contributed by atoms with Gasteiger partial charge in [-0.25, -0.2) is 9.99 Å². The highest BCUT2D eigenvalue weighted by molar-refractivity contribution is 6.10. The third-order valence-corrected chi connectivity index (χ3v) is 5.95. The number of aryl methyl sites for hydroxylation is 1. The minimum atomic E-state index is -4.54. The molecule has 194 valence electrons. The Morgan fingerprint density at radius 2 is 1.76 bits per heavy atom. The van der Waals surface area contributed by atoms with E-state index in [1.807, 2.05) is 0 Å². The van der Waals surface area contributed by atoms with Crippen LogP contribution in [0.4, 0.5) is 19.0 Å². The van der Waals surface area contributed by atoms with Crippen molar-refractivity contribution in [2.45, 2.75) is 33.5 Å². The molecule has 2 amide bonds. The summed E-state index contributed by atoms with van der Waals surface area (Å²) >= 11 is 0. The highest BCUT2D eigenvalue weighted by atomic mass is 19.4. The van der Waals surface area contributed by atoms with Gasteiger partial charge in [0.25, 0.3) is 5.91 Å². The Morgan fingerprint density at radius 3 is 2.35 bits per heavy atom. The van der Waals surface area contributed by atoms with Gasteiger partial charge in [0.1, 0.15) is 5.82 Å². The van der Waals surface area contributed by atoms with Gasteiger partial charge < -0.3 is 5.73 Å². The van der Waals surface area contributed by atoms with E-state index >= 15 is 0 Å². The van der Waals surface area contributed by atoms with Crippen LogP contribution in [0.1, 0.15) is 42.4 Å². The van der Waals surface area contributed by atoms with E-state index < -0.39 is 23.1 Å². The normalized spacial score (nSPS) is 12.2. The number of nitrogen functional groups attached to an aromatic ring is 1. The molecule has 12 heteroatoms. The van der Waals surface area contributed by atoms with Gasteiger partial charge in [-0.2, -0.15) is 18.3 Å². The van der Waals surface area contributed by atoms with Gasteiger partial charge in [-0.05, 0) is 30.3 Å². The maximum Gasteiger partial charge on any atom is 0.417 e. The van der Waals surface area contributed by atoms with Gasteiger partial charge in [-0.15, -0.1) is 0 Å². The molecule has 9 nitrogen and oxygen atoms in total. The lowest BCUT2D eigenvalue weighted by Crippen LogP contribution is -2.50. The quantitative estimate of drug-likeness (QED) is 0.412. The van der Waals surface area contributed by atoms with Gasteiger partial charge in [0.15, 0.2) is 0 Å². The fourth-order valence-corrected chi connectivity index (χ4v) is 3.99. The van der Waals surface area contributed by atoms with Crippen LogP contribution < -0.4 is 5.73 Å². The number of fused-ring (bicyclic) bond motifs is 3. The van der Waals surface area contributed by atoms with Gasteiger partial charge in [-0.1, -0.05) is 20.8 Å². The fourth-order valence-electron chi connectivity index (χ4n) is 3.99. The van der Waals surface area contributed by atoms with Crippen molar-refractivity contribution >= 4 is 39.4 Å². The number of hydrogen-bond donors (Lipinski definition) is 1. The number of nitrogens with zero attached hydrogens (tertiary/aromatic N) is 6. The maximum absolute atomic E-state index is 13.8. The molecule has 0 radical (unpaired) electrons. The zero-order valence-corrected chi connectivity index (χ0v) is 21.0. The number of hydrogen-bond acceptors (Lipinski definition) is 6. The zero-order chi connectivity index (χ0) is 27.3. The summed E-state index contributed by atoms with van der Waals surface area (Å²) in [6.45, 7) is 4.89. The van der Waals surface area contributed by atoms with E-state index in [1.165, 1.54) is 18.1 Å². The first-order valence-electron chi connectivity index (χ1n) is 11.3. The predicted molar refractivity (Wildman–Crippen MR) is 132 cm³/mol. The molecule has 3 aromatic heterocycles. The second-order valence-electron chi connectivity index (χ2n) is 9.74. The molecule has 0 bridgehead atoms. The summed E-state index contributed by atoms with van der Waals surface area (Å²) in [4.78, 5) is 35.1. The van der Waals surface area contributed by atoms with Crippen LogP contribution in [0.3, 0.4) is 0 Å². The van der Waals surface area contributed by atoms with Crippen LogP contribution in [0.15, 0.2) is 42.7 Å². The molecule has 0 aliphatic heterocycles. The van der Waals surface area contributed by atoms with E-state index in [-0.39, 0.29) is 23.7 Å². The Kier molecular flexibility index (Phi) is 6.30. The summed E-state index contributed by atoms with van der Waals surface area (Å²) in [7, 11) is 3.19. The first kappa shape index (κ1) is 25.9. The summed E-state index contributed by atoms with van der Waals surface area (Å²) in [6, 6.07) is 6.91. The molecule has 0 aliphatic carbocycles. The number of rotatable bonds is 3. The predicted octanol–water partition coefficient (Wildman–Crippen LogP) is 4.18. The van der Waals surface area contributed by atoms with E-state index in [0.29, 0.717) is 33.8 Å². The number of benzene rings is 1. The Balaban J connectivity index is 1.78. The van der Waals surface area contributed by atoms with Gasteiger partial charge in [0.2, 0.25) is 5.91 Å². The van der Waals surface area contributed by atoms with Crippen LogP contribution in [0, 0.1) is 5.41 Å². The van der Waals surface area contributed by atoms with Crippen molar-refractivity contribution in [3.63, 3.8) is 0 Å². The molecular formula is C25H26F3N7O2. The average Bonchev–Trinajstić information content (AvgIpc) is 3.22. The van der Waals surface area contributed by atoms with E-state index in [0.717, 1.165) is 11.1 Å². The van der Waals surface area contributed by atoms with E-state index in [2.05, 4.69) is 15.1 Å². The molecule has 1 aromatic carbocycles. The lowest BCUT2D eigenvalue weighted by Gasteiger charge is -2.35. The molecule has 0 aliphatic rings. The molecule has 2 N–H and O–H groups in total. The highest BCUT2D eigenvalue weighted by Crippen LogP contribution is 2.30. The maximum atomic E-state index is 13.8. The van der Waals surface area contributed by atoms with Gasteiger partial charge in [0, 0.05) is 36.7 Å². The Bertz CT molecular complexity index is 1510. The third-order valence-electron chi connectivity index (χ3n) is 5.95. The zero-order valence-electron chi connectivity index (χ0n) is 21.0. The molecule has 0 saturated heterocycles. The smallest absolute Gasteiger partial charge is 0.383 e. The van der Waals surface area contributed by atoms with E-state index in [4.69, 9.17) is 5.73 Å². The number of nitrogens with two attached hydrogens (primary N) is 1. The van der Waals surface area contributed by atoms with Crippen LogP contribution in [-0.4, -0.2) is 48.6 Å². The van der Waals surface area contributed by atoms with E-state index in [9.17, 15) is 22.8 Å². The second-order valence-corrected chi connectivity index (χ2v) is 9.74. The number of alkyl halides is 3. The van der Waals surface area contributed by atoms with Crippen LogP contribution in [0.25, 0.3) is 21.8 Å². The van der Waals surface area contributed by atoms with Crippen molar-refractivity contribution in [2.75, 3.05) is 12.8 Å². The van der Waals surface area contributed by atoms with Gasteiger partial charge in [0.05, 0.1) is 40.4 Å². The summed E-state index contributed by atoms with van der Waals surface area (Å²) in [5.41, 5.74) is 5.98. The molecule has 0 saturated carbocycles. The number of carbonyl (C=O) groups excluding carboxylic acids is 2. The lowest BCUT2D eigenvalue weighted by molar-refractivity contribution is -0.151. The summed E-state index contributed by atoms with van der Waals surface area (Å²) in [5, 5.41) is 7.83. The molecule has 4 rings (SSSR count). The Labute approximate surface area is 210 Å². The summed E-state index contributed by atoms with van der Waals surface area (Å²) in [5.74, 6) is -0.604. The standard InChI is InChI=1S/C25H26F3N7O2/c1-24(2,3)23(37)34(5)35(13-16-8-7-15(11-30-16)25(26,27)28)22(36)14-6-9-19-17(10-14)20-18(21(29)32-19)12-31-33(20)4/h6-12H,13H2,1-5H3,(H2,29,32). The number of carbonyl (C=O) groups is 2. The number of halogens is 3. The monoisotopic (exact) mass is 513 g/mol. The molecule has 0 unspecified atom stereocenters. The molecule has 0 atom stereocenters. The van der Waals surface area contributed by atoms with Crippen molar-refractivity contribution in [3.05, 3.63) is 59.5 Å². The number of anilines is 1. The van der Waals surface area contributed by atoms with Crippen molar-refractivity contribution in [1.29, 1.82) is 0 Å². The second kappa shape index (κ2) is 9.02. The van der Waals surface area contributed by atoms with Crippen LogP contribution >= 0.6 is 0 Å². The molecule has 4 aromatic rings. The lowest BCUT2D eigenvalue weighted by atomic mass is 9.95. The topological polar surface area (TPSA) is 110 Å². The number of pyridine rings is 2. The fraction of sp³-hybridized carbons (Fsp3) is 0.320. The van der Waals surface area contributed by atoms with Crippen molar-refractivity contribution in [1.82, 2.24) is 29.8 Å². The van der Waals surface area contributed by atoms with Crippen molar-refractivity contribution in [3.8, 4) is 0 Å². The minimum absolute atomic E-state index is 0.180. The Hall–Kier alpha value is -4.22. The third kappa shape index (κ3) is 4.91. The van der Waals surface area contributed by atoms with Gasteiger partial charge >= 0.3 is 6.18 Å². The largest absolute Gasteiger partial charge is 0.417 e. The Morgan fingerprint density at radius 1 is 1.05 bits per heavy atom. The van der Waals surface area contributed by atoms with Crippen LogP contribution in [0.5, 0.6) is 0 Å². The number of aromatic nitrogens is 4. The summed E-state index contributed by atoms with van der Waals surface area (Å²) in [6.07, 6.45) is -2.25. The molecule has 3 heterocycles. The van der Waals surface area contributed by atoms with Crippen LogP contribution in [-0.2, 0) is 24.6 Å². The first-order chi connectivity index (χ1) is 17.2. The van der Waals surface area contributed by atoms with Gasteiger partial charge in [-0.3, -0.25) is 24.3 Å². The molecule has 0 fully saturated rings. The van der Waals surface area contributed by atoms with Crippen molar-refractivity contribution < 1.29 is 22.8 Å². The average molecular weight is 514 g/mol. The molecule has 37 heavy (non-hydrogen) atoms. The van der Waals surface area contributed by atoms with Crippen LogP contribution in [0.2, 0.25) is 0 Å². The SMILES string of the molecule is CN(C(=O)C(C)(C)C)N(Cc1ccc(C(F)(F)F)cn1)C(=O)c1ccc2nc(N)c3cnn(C)c3c2c1.